The van der Waals surface area contributed by atoms with E-state index < -0.39 is 10.0 Å². The average molecular weight is 348 g/mol. The van der Waals surface area contributed by atoms with Crippen molar-refractivity contribution in [2.75, 3.05) is 4.72 Å². The van der Waals surface area contributed by atoms with Crippen LogP contribution in [0.4, 0.5) is 5.82 Å². The first kappa shape index (κ1) is 13.7. The van der Waals surface area contributed by atoms with Gasteiger partial charge in [-0.2, -0.15) is 8.42 Å². The molecule has 0 fully saturated rings. The number of hydrogen-bond donors (Lipinski definition) is 2. The van der Waals surface area contributed by atoms with Crippen LogP contribution in [0.1, 0.15) is 5.69 Å². The zero-order chi connectivity index (χ0) is 14.2. The second-order valence-corrected chi connectivity index (χ2v) is 6.08. The third-order valence-electron chi connectivity index (χ3n) is 2.24. The number of hydrogen-bond acceptors (Lipinski definition) is 6. The summed E-state index contributed by atoms with van der Waals surface area (Å²) < 4.78 is 27.7. The SMILES string of the molecule is Cc1ccc(O)c(NS(=O)(=O)c2c(Br)nnn2C)n1. The summed E-state index contributed by atoms with van der Waals surface area (Å²) >= 11 is 3.00. The molecule has 19 heavy (non-hydrogen) atoms. The van der Waals surface area contributed by atoms with E-state index in [9.17, 15) is 13.5 Å². The van der Waals surface area contributed by atoms with Gasteiger partial charge >= 0.3 is 0 Å². The van der Waals surface area contributed by atoms with Crippen molar-refractivity contribution in [3.8, 4) is 5.75 Å². The molecule has 2 aromatic rings. The fraction of sp³-hybridized carbons (Fsp3) is 0.222. The van der Waals surface area contributed by atoms with Gasteiger partial charge in [0.1, 0.15) is 0 Å². The molecule has 0 aromatic carbocycles. The molecule has 0 saturated carbocycles. The molecule has 2 N–H and O–H groups in total. The van der Waals surface area contributed by atoms with Gasteiger partial charge in [0.15, 0.2) is 16.2 Å². The largest absolute Gasteiger partial charge is 0.504 e. The highest BCUT2D eigenvalue weighted by atomic mass is 79.9. The van der Waals surface area contributed by atoms with Gasteiger partial charge in [0.25, 0.3) is 10.0 Å². The smallest absolute Gasteiger partial charge is 0.283 e. The molecule has 0 spiro atoms. The van der Waals surface area contributed by atoms with E-state index in [0.29, 0.717) is 5.69 Å². The Morgan fingerprint density at radius 1 is 1.42 bits per heavy atom. The van der Waals surface area contributed by atoms with E-state index in [1.54, 1.807) is 13.0 Å². The van der Waals surface area contributed by atoms with Gasteiger partial charge in [-0.25, -0.2) is 9.67 Å². The van der Waals surface area contributed by atoms with Gasteiger partial charge < -0.3 is 5.11 Å². The maximum atomic E-state index is 12.2. The molecule has 0 unspecified atom stereocenters. The highest BCUT2D eigenvalue weighted by Gasteiger charge is 2.25. The van der Waals surface area contributed by atoms with Gasteiger partial charge in [-0.15, -0.1) is 5.10 Å². The quantitative estimate of drug-likeness (QED) is 0.849. The molecule has 2 heterocycles. The molecule has 8 nitrogen and oxygen atoms in total. The summed E-state index contributed by atoms with van der Waals surface area (Å²) in [5.74, 6) is -0.409. The second kappa shape index (κ2) is 4.78. The predicted octanol–water partition coefficient (Wildman–Crippen LogP) is 0.787. The minimum absolute atomic E-state index is 0.0784. The summed E-state index contributed by atoms with van der Waals surface area (Å²) in [6, 6.07) is 2.92. The van der Waals surface area contributed by atoms with Crippen LogP contribution in [-0.4, -0.2) is 33.5 Å². The topological polar surface area (TPSA) is 110 Å². The number of pyridine rings is 1. The third kappa shape index (κ3) is 2.68. The fourth-order valence-corrected chi connectivity index (χ4v) is 3.52. The molecule has 0 saturated heterocycles. The van der Waals surface area contributed by atoms with E-state index in [1.807, 2.05) is 0 Å². The number of halogens is 1. The third-order valence-corrected chi connectivity index (χ3v) is 4.46. The Bertz CT molecular complexity index is 708. The van der Waals surface area contributed by atoms with Crippen molar-refractivity contribution in [1.29, 1.82) is 0 Å². The number of aryl methyl sites for hydroxylation is 2. The van der Waals surface area contributed by atoms with Crippen molar-refractivity contribution in [3.05, 3.63) is 22.4 Å². The fourth-order valence-electron chi connectivity index (χ4n) is 1.41. The molecule has 2 aromatic heterocycles. The average Bonchev–Trinajstić information content (AvgIpc) is 2.64. The molecule has 102 valence electrons. The van der Waals surface area contributed by atoms with E-state index >= 15 is 0 Å². The van der Waals surface area contributed by atoms with Crippen LogP contribution in [0, 0.1) is 6.92 Å². The van der Waals surface area contributed by atoms with Gasteiger partial charge in [0, 0.05) is 12.7 Å². The number of nitrogens with one attached hydrogen (secondary N) is 1. The minimum Gasteiger partial charge on any atom is -0.504 e. The summed E-state index contributed by atoms with van der Waals surface area (Å²) in [4.78, 5) is 3.92. The first-order valence-electron chi connectivity index (χ1n) is 5.06. The molecule has 0 bridgehead atoms. The maximum absolute atomic E-state index is 12.2. The van der Waals surface area contributed by atoms with Crippen molar-refractivity contribution in [2.24, 2.45) is 7.05 Å². The molecule has 0 aliphatic carbocycles. The first-order valence-corrected chi connectivity index (χ1v) is 7.33. The lowest BCUT2D eigenvalue weighted by atomic mass is 10.3. The number of aromatic nitrogens is 4. The Morgan fingerprint density at radius 2 is 2.11 bits per heavy atom. The molecule has 0 radical (unpaired) electrons. The van der Waals surface area contributed by atoms with Crippen LogP contribution < -0.4 is 4.72 Å². The number of aromatic hydroxyl groups is 1. The highest BCUT2D eigenvalue weighted by Crippen LogP contribution is 2.25. The summed E-state index contributed by atoms with van der Waals surface area (Å²) in [5.41, 5.74) is 0.567. The van der Waals surface area contributed by atoms with E-state index in [0.717, 1.165) is 4.68 Å². The van der Waals surface area contributed by atoms with Crippen LogP contribution in [-0.2, 0) is 17.1 Å². The Labute approximate surface area is 117 Å². The van der Waals surface area contributed by atoms with Crippen molar-refractivity contribution in [1.82, 2.24) is 20.0 Å². The number of rotatable bonds is 3. The van der Waals surface area contributed by atoms with Crippen molar-refractivity contribution >= 4 is 31.8 Å². The summed E-state index contributed by atoms with van der Waals surface area (Å²) in [6.07, 6.45) is 0. The molecule has 2 rings (SSSR count). The van der Waals surface area contributed by atoms with Gasteiger partial charge in [0.2, 0.25) is 5.03 Å². The zero-order valence-corrected chi connectivity index (χ0v) is 12.4. The van der Waals surface area contributed by atoms with Crippen LogP contribution in [0.5, 0.6) is 5.75 Å². The number of anilines is 1. The lowest BCUT2D eigenvalue weighted by molar-refractivity contribution is 0.475. The normalized spacial score (nSPS) is 11.5. The molecular formula is C9H10BrN5O3S. The van der Waals surface area contributed by atoms with Gasteiger partial charge in [-0.3, -0.25) is 4.72 Å². The molecular weight excluding hydrogens is 338 g/mol. The molecule has 0 amide bonds. The first-order chi connectivity index (χ1) is 8.81. The highest BCUT2D eigenvalue weighted by molar-refractivity contribution is 9.10. The van der Waals surface area contributed by atoms with Crippen LogP contribution in [0.3, 0.4) is 0 Å². The van der Waals surface area contributed by atoms with Crippen molar-refractivity contribution < 1.29 is 13.5 Å². The van der Waals surface area contributed by atoms with Crippen LogP contribution in [0.2, 0.25) is 0 Å². The molecule has 0 atom stereocenters. The Morgan fingerprint density at radius 3 is 2.68 bits per heavy atom. The second-order valence-electron chi connectivity index (χ2n) is 3.73. The Kier molecular flexibility index (Phi) is 3.45. The Hall–Kier alpha value is -1.68. The zero-order valence-electron chi connectivity index (χ0n) is 9.99. The summed E-state index contributed by atoms with van der Waals surface area (Å²) in [5, 5.41) is 16.6. The molecule has 0 aliphatic rings. The van der Waals surface area contributed by atoms with E-state index in [2.05, 4.69) is 35.9 Å². The van der Waals surface area contributed by atoms with Crippen molar-refractivity contribution in [2.45, 2.75) is 11.9 Å². The van der Waals surface area contributed by atoms with Crippen molar-refractivity contribution in [3.63, 3.8) is 0 Å². The molecule has 0 aliphatic heterocycles. The minimum atomic E-state index is -3.95. The molecule has 10 heteroatoms. The van der Waals surface area contributed by atoms with E-state index in [4.69, 9.17) is 0 Å². The predicted molar refractivity (Wildman–Crippen MR) is 70.2 cm³/mol. The lowest BCUT2D eigenvalue weighted by Crippen LogP contribution is -2.18. The van der Waals surface area contributed by atoms with Gasteiger partial charge in [-0.05, 0) is 35.0 Å². The number of nitrogens with zero attached hydrogens (tertiary/aromatic N) is 4. The summed E-state index contributed by atoms with van der Waals surface area (Å²) in [7, 11) is -2.51. The van der Waals surface area contributed by atoms with E-state index in [-0.39, 0.29) is 21.2 Å². The van der Waals surface area contributed by atoms with Gasteiger partial charge in [-0.1, -0.05) is 5.21 Å². The summed E-state index contributed by atoms with van der Waals surface area (Å²) in [6.45, 7) is 1.68. The van der Waals surface area contributed by atoms with Crippen LogP contribution in [0.25, 0.3) is 0 Å². The van der Waals surface area contributed by atoms with E-state index in [1.165, 1.54) is 13.1 Å². The van der Waals surface area contributed by atoms with Crippen LogP contribution in [0.15, 0.2) is 21.8 Å². The standard InChI is InChI=1S/C9H10BrN5O3S/c1-5-3-4-6(16)8(11-5)13-19(17,18)9-7(10)12-14-15(9)2/h3-4,16H,1-2H3,(H,11,13). The number of sulfonamides is 1. The lowest BCUT2D eigenvalue weighted by Gasteiger charge is -2.09. The monoisotopic (exact) mass is 347 g/mol. The van der Waals surface area contributed by atoms with Crippen LogP contribution >= 0.6 is 15.9 Å². The maximum Gasteiger partial charge on any atom is 0.283 e. The van der Waals surface area contributed by atoms with Gasteiger partial charge in [0.05, 0.1) is 0 Å². The Balaban J connectivity index is 2.45.